The molecule has 2 aromatic rings. The number of hydrogen-bond acceptors (Lipinski definition) is 4. The first-order valence-corrected chi connectivity index (χ1v) is 10.1. The molecule has 27 heavy (non-hydrogen) atoms. The predicted molar refractivity (Wildman–Crippen MR) is 106 cm³/mol. The lowest BCUT2D eigenvalue weighted by Gasteiger charge is -2.34. The number of amides is 1. The van der Waals surface area contributed by atoms with E-state index in [0.29, 0.717) is 23.7 Å². The highest BCUT2D eigenvalue weighted by molar-refractivity contribution is 5.93. The molecule has 0 saturated carbocycles. The molecule has 3 heterocycles. The van der Waals surface area contributed by atoms with Gasteiger partial charge in [0.25, 0.3) is 5.91 Å². The summed E-state index contributed by atoms with van der Waals surface area (Å²) < 4.78 is 5.03. The van der Waals surface area contributed by atoms with Crippen LogP contribution in [-0.4, -0.2) is 54.0 Å². The average Bonchev–Trinajstić information content (AvgIpc) is 3.40. The zero-order valence-corrected chi connectivity index (χ0v) is 16.0. The van der Waals surface area contributed by atoms with Gasteiger partial charge >= 0.3 is 0 Å². The molecule has 2 fully saturated rings. The molecule has 1 aromatic heterocycles. The topological polar surface area (TPSA) is 48.7 Å². The van der Waals surface area contributed by atoms with Crippen molar-refractivity contribution in [2.45, 2.75) is 44.3 Å². The van der Waals surface area contributed by atoms with E-state index in [4.69, 9.17) is 4.42 Å². The largest absolute Gasteiger partial charge is 0.472 e. The Morgan fingerprint density at radius 3 is 2.52 bits per heavy atom. The molecule has 0 radical (unpaired) electrons. The summed E-state index contributed by atoms with van der Waals surface area (Å²) >= 11 is 0. The van der Waals surface area contributed by atoms with Gasteiger partial charge in [0.05, 0.1) is 11.8 Å². The smallest absolute Gasteiger partial charge is 0.257 e. The van der Waals surface area contributed by atoms with E-state index in [0.717, 1.165) is 39.0 Å². The van der Waals surface area contributed by atoms with Crippen LogP contribution in [0.1, 0.15) is 48.1 Å². The molecule has 1 aromatic carbocycles. The highest BCUT2D eigenvalue weighted by Crippen LogP contribution is 2.25. The van der Waals surface area contributed by atoms with Gasteiger partial charge in [0.15, 0.2) is 0 Å². The molecule has 2 aliphatic heterocycles. The van der Waals surface area contributed by atoms with Gasteiger partial charge in [-0.2, -0.15) is 0 Å². The molecule has 4 rings (SSSR count). The molecule has 5 nitrogen and oxygen atoms in total. The second-order valence-corrected chi connectivity index (χ2v) is 7.81. The molecule has 2 saturated heterocycles. The highest BCUT2D eigenvalue weighted by atomic mass is 16.3. The van der Waals surface area contributed by atoms with Crippen molar-refractivity contribution >= 4 is 5.91 Å². The summed E-state index contributed by atoms with van der Waals surface area (Å²) in [7, 11) is 0. The van der Waals surface area contributed by atoms with Crippen LogP contribution in [-0.2, 0) is 0 Å². The normalized spacial score (nSPS) is 22.9. The zero-order chi connectivity index (χ0) is 18.6. The van der Waals surface area contributed by atoms with Gasteiger partial charge in [-0.3, -0.25) is 9.69 Å². The van der Waals surface area contributed by atoms with Crippen LogP contribution in [0, 0.1) is 0 Å². The molecule has 1 amide bonds. The van der Waals surface area contributed by atoms with Gasteiger partial charge in [-0.1, -0.05) is 30.3 Å². The van der Waals surface area contributed by atoms with Crippen molar-refractivity contribution < 1.29 is 9.21 Å². The molecule has 2 atom stereocenters. The first kappa shape index (κ1) is 18.3. The van der Waals surface area contributed by atoms with Crippen LogP contribution in [0.2, 0.25) is 0 Å². The van der Waals surface area contributed by atoms with E-state index in [1.807, 2.05) is 4.90 Å². The minimum atomic E-state index is 0.0888. The van der Waals surface area contributed by atoms with Crippen molar-refractivity contribution in [2.75, 3.05) is 26.2 Å². The second-order valence-electron chi connectivity index (χ2n) is 7.81. The van der Waals surface area contributed by atoms with Crippen molar-refractivity contribution in [1.82, 2.24) is 15.1 Å². The number of piperidine rings is 1. The Kier molecular flexibility index (Phi) is 5.60. The van der Waals surface area contributed by atoms with Gasteiger partial charge in [0.2, 0.25) is 0 Å². The summed E-state index contributed by atoms with van der Waals surface area (Å²) in [6.07, 6.45) is 6.34. The third kappa shape index (κ3) is 4.25. The van der Waals surface area contributed by atoms with Crippen molar-refractivity contribution in [3.8, 4) is 0 Å². The quantitative estimate of drug-likeness (QED) is 0.881. The number of rotatable bonds is 5. The van der Waals surface area contributed by atoms with Gasteiger partial charge in [-0.15, -0.1) is 0 Å². The van der Waals surface area contributed by atoms with Crippen LogP contribution < -0.4 is 5.32 Å². The van der Waals surface area contributed by atoms with Gasteiger partial charge < -0.3 is 14.6 Å². The fourth-order valence-electron chi connectivity index (χ4n) is 4.37. The van der Waals surface area contributed by atoms with Crippen LogP contribution in [0.15, 0.2) is 53.3 Å². The Hall–Kier alpha value is -2.11. The summed E-state index contributed by atoms with van der Waals surface area (Å²) in [4.78, 5) is 16.9. The maximum absolute atomic E-state index is 12.4. The molecular formula is C22H29N3O2. The molecule has 0 bridgehead atoms. The van der Waals surface area contributed by atoms with Crippen LogP contribution in [0.5, 0.6) is 0 Å². The first-order valence-electron chi connectivity index (χ1n) is 10.1. The molecule has 0 aliphatic carbocycles. The molecule has 0 spiro atoms. The average molecular weight is 367 g/mol. The number of nitrogens with zero attached hydrogens (tertiary/aromatic N) is 2. The maximum atomic E-state index is 12.4. The standard InChI is InChI=1S/C22H29N3O2/c1-17(18-5-3-2-4-6-18)25-13-9-21(15-25)23-20-7-11-24(12-8-20)22(26)19-10-14-27-16-19/h2-6,10,14,16-17,20-21,23H,7-9,11-13,15H2,1H3/t17-,21+/m0/s1. The van der Waals surface area contributed by atoms with E-state index >= 15 is 0 Å². The number of hydrogen-bond donors (Lipinski definition) is 1. The monoisotopic (exact) mass is 367 g/mol. The number of carbonyl (C=O) groups excluding carboxylic acids is 1. The fourth-order valence-corrected chi connectivity index (χ4v) is 4.37. The maximum Gasteiger partial charge on any atom is 0.257 e. The highest BCUT2D eigenvalue weighted by Gasteiger charge is 2.30. The van der Waals surface area contributed by atoms with E-state index < -0.39 is 0 Å². The number of nitrogens with one attached hydrogen (secondary N) is 1. The molecule has 2 aliphatic rings. The lowest BCUT2D eigenvalue weighted by Crippen LogP contribution is -2.48. The lowest BCUT2D eigenvalue weighted by atomic mass is 10.0. The molecular weight excluding hydrogens is 338 g/mol. The Morgan fingerprint density at radius 2 is 1.81 bits per heavy atom. The minimum Gasteiger partial charge on any atom is -0.472 e. The fraction of sp³-hybridized carbons (Fsp3) is 0.500. The second kappa shape index (κ2) is 8.28. The molecule has 5 heteroatoms. The Balaban J connectivity index is 1.24. The Bertz CT molecular complexity index is 723. The van der Waals surface area contributed by atoms with E-state index in [2.05, 4.69) is 47.5 Å². The zero-order valence-electron chi connectivity index (χ0n) is 16.0. The number of benzene rings is 1. The van der Waals surface area contributed by atoms with Crippen LogP contribution >= 0.6 is 0 Å². The SMILES string of the molecule is C[C@@H](c1ccccc1)N1CC[C@@H](NC2CCN(C(=O)c3ccoc3)CC2)C1. The van der Waals surface area contributed by atoms with Crippen LogP contribution in [0.25, 0.3) is 0 Å². The Morgan fingerprint density at radius 1 is 1.07 bits per heavy atom. The molecule has 1 N–H and O–H groups in total. The summed E-state index contributed by atoms with van der Waals surface area (Å²) in [6.45, 7) is 6.19. The van der Waals surface area contributed by atoms with E-state index in [-0.39, 0.29) is 5.91 Å². The first-order chi connectivity index (χ1) is 13.2. The molecule has 0 unspecified atom stereocenters. The third-order valence-electron chi connectivity index (χ3n) is 6.07. The minimum absolute atomic E-state index is 0.0888. The van der Waals surface area contributed by atoms with Crippen LogP contribution in [0.4, 0.5) is 0 Å². The van der Waals surface area contributed by atoms with Crippen molar-refractivity contribution in [3.05, 3.63) is 60.1 Å². The summed E-state index contributed by atoms with van der Waals surface area (Å²) in [5.74, 6) is 0.0888. The van der Waals surface area contributed by atoms with Gasteiger partial charge in [0.1, 0.15) is 6.26 Å². The predicted octanol–water partition coefficient (Wildman–Crippen LogP) is 3.31. The number of likely N-dealkylation sites (tertiary alicyclic amines) is 2. The summed E-state index contributed by atoms with van der Waals surface area (Å²) in [5.41, 5.74) is 2.05. The van der Waals surface area contributed by atoms with Crippen molar-refractivity contribution in [2.24, 2.45) is 0 Å². The van der Waals surface area contributed by atoms with E-state index in [1.54, 1.807) is 12.3 Å². The number of furan rings is 1. The van der Waals surface area contributed by atoms with Crippen molar-refractivity contribution in [1.29, 1.82) is 0 Å². The van der Waals surface area contributed by atoms with Gasteiger partial charge in [-0.05, 0) is 37.8 Å². The lowest BCUT2D eigenvalue weighted by molar-refractivity contribution is 0.0701. The van der Waals surface area contributed by atoms with Gasteiger partial charge in [-0.25, -0.2) is 0 Å². The number of carbonyl (C=O) groups is 1. The summed E-state index contributed by atoms with van der Waals surface area (Å²) in [5, 5.41) is 3.85. The molecule has 144 valence electrons. The Labute approximate surface area is 161 Å². The summed E-state index contributed by atoms with van der Waals surface area (Å²) in [6, 6.07) is 14.0. The third-order valence-corrected chi connectivity index (χ3v) is 6.07. The van der Waals surface area contributed by atoms with Crippen LogP contribution in [0.3, 0.4) is 0 Å². The van der Waals surface area contributed by atoms with Gasteiger partial charge in [0, 0.05) is 44.3 Å². The van der Waals surface area contributed by atoms with E-state index in [1.165, 1.54) is 18.2 Å². The van der Waals surface area contributed by atoms with E-state index in [9.17, 15) is 4.79 Å². The van der Waals surface area contributed by atoms with Crippen molar-refractivity contribution in [3.63, 3.8) is 0 Å².